The van der Waals surface area contributed by atoms with Crippen LogP contribution in [0.5, 0.6) is 0 Å². The van der Waals surface area contributed by atoms with Gasteiger partial charge in [0.25, 0.3) is 10.1 Å². The largest absolute Gasteiger partial charge is 0.407 e. The lowest BCUT2D eigenvalue weighted by Gasteiger charge is -2.06. The fraction of sp³-hybridized carbons (Fsp3) is 0.143. The molecule has 98 valence electrons. The van der Waals surface area contributed by atoms with E-state index in [2.05, 4.69) is 20.9 Å². The molecule has 0 atom stereocenters. The number of aryl methyl sites for hydroxylation is 1. The summed E-state index contributed by atoms with van der Waals surface area (Å²) < 4.78 is 62.3. The Bertz CT molecular complexity index is 762. The molecule has 1 rings (SSSR count). The van der Waals surface area contributed by atoms with Crippen LogP contribution in [0.25, 0.3) is 4.98 Å². The van der Waals surface area contributed by atoms with E-state index < -0.39 is 35.7 Å². The monoisotopic (exact) mass is 357 g/mol. The first-order valence-electron chi connectivity index (χ1n) is 4.13. The standard InChI is InChI=1S/C7H5BrN2O6S2/c1-3-2-4(10-9)6(17(11,12)13)7(5(3)8)18(14,15)16/h2H,1H3,(H-,11,12,13,14,15,16)/p+1. The Balaban J connectivity index is 4.14. The summed E-state index contributed by atoms with van der Waals surface area (Å²) in [7, 11) is -9.98. The SMILES string of the molecule is Cc1cc([N+]#N)c(S(=O)(=O)O)c(S(=O)(=O)O)c1Br. The molecule has 0 aromatic heterocycles. The summed E-state index contributed by atoms with van der Waals surface area (Å²) in [5.41, 5.74) is -0.520. The summed E-state index contributed by atoms with van der Waals surface area (Å²) in [6, 6.07) is 1.02. The predicted octanol–water partition coefficient (Wildman–Crippen LogP) is 1.74. The smallest absolute Gasteiger partial charge is 0.282 e. The van der Waals surface area contributed by atoms with Crippen molar-refractivity contribution in [1.29, 1.82) is 5.39 Å². The highest BCUT2D eigenvalue weighted by atomic mass is 79.9. The van der Waals surface area contributed by atoms with Gasteiger partial charge in [0, 0.05) is 10.5 Å². The summed E-state index contributed by atoms with van der Waals surface area (Å²) in [5.74, 6) is 0. The molecule has 0 bridgehead atoms. The van der Waals surface area contributed by atoms with Crippen LogP contribution in [0.3, 0.4) is 0 Å². The molecular weight excluding hydrogens is 352 g/mol. The van der Waals surface area contributed by atoms with Gasteiger partial charge >= 0.3 is 15.8 Å². The van der Waals surface area contributed by atoms with Crippen LogP contribution in [0, 0.1) is 12.3 Å². The van der Waals surface area contributed by atoms with Crippen molar-refractivity contribution in [3.05, 3.63) is 21.1 Å². The molecule has 8 nitrogen and oxygen atoms in total. The number of diazo groups is 1. The van der Waals surface area contributed by atoms with Crippen molar-refractivity contribution in [2.75, 3.05) is 0 Å². The average molecular weight is 358 g/mol. The Labute approximate surface area is 111 Å². The van der Waals surface area contributed by atoms with Crippen LogP contribution in [0.15, 0.2) is 20.3 Å². The van der Waals surface area contributed by atoms with E-state index in [1.807, 2.05) is 0 Å². The molecule has 0 fully saturated rings. The zero-order valence-corrected chi connectivity index (χ0v) is 11.9. The van der Waals surface area contributed by atoms with Crippen molar-refractivity contribution in [2.24, 2.45) is 0 Å². The highest BCUT2D eigenvalue weighted by Crippen LogP contribution is 2.38. The molecule has 0 radical (unpaired) electrons. The number of benzene rings is 1. The lowest BCUT2D eigenvalue weighted by atomic mass is 10.2. The van der Waals surface area contributed by atoms with Crippen molar-refractivity contribution in [3.63, 3.8) is 0 Å². The van der Waals surface area contributed by atoms with Gasteiger partial charge in [0.2, 0.25) is 10.3 Å². The highest BCUT2D eigenvalue weighted by Gasteiger charge is 2.37. The summed E-state index contributed by atoms with van der Waals surface area (Å²) in [6.45, 7) is 1.38. The number of nitrogens with zero attached hydrogens (tertiary/aromatic N) is 2. The van der Waals surface area contributed by atoms with Crippen LogP contribution in [0.2, 0.25) is 0 Å². The van der Waals surface area contributed by atoms with Gasteiger partial charge in [0.15, 0.2) is 4.98 Å². The molecule has 0 aliphatic carbocycles. The maximum Gasteiger partial charge on any atom is 0.407 e. The number of halogens is 1. The fourth-order valence-corrected chi connectivity index (χ4v) is 4.40. The van der Waals surface area contributed by atoms with Gasteiger partial charge in [-0.1, -0.05) is 0 Å². The van der Waals surface area contributed by atoms with Crippen LogP contribution >= 0.6 is 15.9 Å². The van der Waals surface area contributed by atoms with E-state index in [-0.39, 0.29) is 10.0 Å². The lowest BCUT2D eigenvalue weighted by molar-refractivity contribution is 0.466. The average Bonchev–Trinajstić information content (AvgIpc) is 2.17. The minimum absolute atomic E-state index is 0.183. The van der Waals surface area contributed by atoms with Crippen LogP contribution < -0.4 is 0 Å². The van der Waals surface area contributed by atoms with E-state index in [0.717, 1.165) is 6.07 Å². The van der Waals surface area contributed by atoms with Crippen LogP contribution in [-0.2, 0) is 20.2 Å². The van der Waals surface area contributed by atoms with Gasteiger partial charge < -0.3 is 0 Å². The molecule has 1 aromatic carbocycles. The normalized spacial score (nSPS) is 12.2. The predicted molar refractivity (Wildman–Crippen MR) is 63.3 cm³/mol. The third-order valence-corrected chi connectivity index (χ3v) is 5.23. The second-order valence-corrected chi connectivity index (χ2v) is 6.74. The Kier molecular flexibility index (Phi) is 3.80. The molecule has 11 heteroatoms. The van der Waals surface area contributed by atoms with Gasteiger partial charge in [0.1, 0.15) is 4.90 Å². The first-order chi connectivity index (χ1) is 8.00. The van der Waals surface area contributed by atoms with E-state index in [4.69, 9.17) is 14.5 Å². The molecule has 0 aliphatic heterocycles. The number of rotatable bonds is 2. The number of hydrogen-bond acceptors (Lipinski definition) is 5. The molecule has 0 saturated heterocycles. The molecule has 0 heterocycles. The summed E-state index contributed by atoms with van der Waals surface area (Å²) in [4.78, 5) is 0.288. The lowest BCUT2D eigenvalue weighted by Crippen LogP contribution is -2.10. The Morgan fingerprint density at radius 3 is 1.94 bits per heavy atom. The van der Waals surface area contributed by atoms with Gasteiger partial charge in [-0.15, -0.1) is 0 Å². The maximum absolute atomic E-state index is 11.2. The first kappa shape index (κ1) is 15.0. The maximum atomic E-state index is 11.2. The summed E-state index contributed by atoms with van der Waals surface area (Å²) in [6.07, 6.45) is 0. The highest BCUT2D eigenvalue weighted by molar-refractivity contribution is 9.10. The molecule has 0 saturated carbocycles. The van der Waals surface area contributed by atoms with E-state index in [1.54, 1.807) is 0 Å². The molecule has 2 N–H and O–H groups in total. The molecule has 0 spiro atoms. The van der Waals surface area contributed by atoms with Crippen molar-refractivity contribution in [1.82, 2.24) is 0 Å². The van der Waals surface area contributed by atoms with Crippen molar-refractivity contribution >= 4 is 41.9 Å². The van der Waals surface area contributed by atoms with E-state index in [0.29, 0.717) is 0 Å². The summed E-state index contributed by atoms with van der Waals surface area (Å²) in [5, 5.41) is 8.64. The van der Waals surface area contributed by atoms with Crippen molar-refractivity contribution in [2.45, 2.75) is 16.7 Å². The molecular formula is C7H6BrN2O6S2+. The van der Waals surface area contributed by atoms with Gasteiger partial charge in [-0.25, -0.2) is 0 Å². The zero-order chi connectivity index (χ0) is 14.3. The number of hydrogen-bond donors (Lipinski definition) is 2. The topological polar surface area (TPSA) is 137 Å². The fourth-order valence-electron chi connectivity index (χ4n) is 1.28. The van der Waals surface area contributed by atoms with Gasteiger partial charge in [0.05, 0.1) is 0 Å². The van der Waals surface area contributed by atoms with Crippen LogP contribution in [0.1, 0.15) is 5.56 Å². The second-order valence-electron chi connectivity index (χ2n) is 3.23. The molecule has 0 aliphatic rings. The second kappa shape index (κ2) is 4.56. The Morgan fingerprint density at radius 2 is 1.61 bits per heavy atom. The third kappa shape index (κ3) is 2.68. The van der Waals surface area contributed by atoms with Gasteiger partial charge in [-0.2, -0.15) is 16.8 Å². The van der Waals surface area contributed by atoms with Crippen molar-refractivity contribution < 1.29 is 25.9 Å². The van der Waals surface area contributed by atoms with E-state index in [1.165, 1.54) is 6.92 Å². The Hall–Kier alpha value is -1.06. The Morgan fingerprint density at radius 1 is 1.17 bits per heavy atom. The minimum atomic E-state index is -5.02. The molecule has 1 aromatic rings. The van der Waals surface area contributed by atoms with Gasteiger partial charge in [-0.05, 0) is 28.4 Å². The molecule has 0 amide bonds. The molecule has 0 unspecified atom stereocenters. The van der Waals surface area contributed by atoms with Gasteiger partial charge in [-0.3, -0.25) is 9.11 Å². The third-order valence-electron chi connectivity index (χ3n) is 1.96. The van der Waals surface area contributed by atoms with Crippen LogP contribution in [-0.4, -0.2) is 25.9 Å². The minimum Gasteiger partial charge on any atom is -0.282 e. The van der Waals surface area contributed by atoms with Crippen LogP contribution in [0.4, 0.5) is 5.69 Å². The van der Waals surface area contributed by atoms with E-state index in [9.17, 15) is 16.8 Å². The van der Waals surface area contributed by atoms with E-state index >= 15 is 0 Å². The first-order valence-corrected chi connectivity index (χ1v) is 7.80. The summed E-state index contributed by atoms with van der Waals surface area (Å²) >= 11 is 2.78. The molecule has 18 heavy (non-hydrogen) atoms. The van der Waals surface area contributed by atoms with Crippen molar-refractivity contribution in [3.8, 4) is 0 Å². The quantitative estimate of drug-likeness (QED) is 0.607. The zero-order valence-electron chi connectivity index (χ0n) is 8.69.